The second kappa shape index (κ2) is 7.20. The second-order valence-corrected chi connectivity index (χ2v) is 5.91. The van der Waals surface area contributed by atoms with Crippen LogP contribution in [0.5, 0.6) is 0 Å². The van der Waals surface area contributed by atoms with Gasteiger partial charge in [0.2, 0.25) is 0 Å². The largest absolute Gasteiger partial charge is 0.340 e. The first kappa shape index (κ1) is 15.4. The van der Waals surface area contributed by atoms with Crippen LogP contribution in [0.25, 0.3) is 0 Å². The number of amides is 1. The minimum atomic E-state index is -0.294. The van der Waals surface area contributed by atoms with Gasteiger partial charge in [-0.1, -0.05) is 48.5 Å². The van der Waals surface area contributed by atoms with Crippen molar-refractivity contribution in [1.82, 2.24) is 10.3 Å². The van der Waals surface area contributed by atoms with Crippen molar-refractivity contribution in [3.63, 3.8) is 0 Å². The quantitative estimate of drug-likeness (QED) is 0.744. The molecule has 0 fully saturated rings. The smallest absolute Gasteiger partial charge is 0.253 e. The SMILES string of the molecule is O=C(NC(c1ccccc1)c1ccccn1)c1ccccc1Br. The normalized spacial score (nSPS) is 11.7. The number of rotatable bonds is 4. The van der Waals surface area contributed by atoms with Crippen molar-refractivity contribution in [2.75, 3.05) is 0 Å². The average molecular weight is 367 g/mol. The van der Waals surface area contributed by atoms with E-state index in [0.717, 1.165) is 15.7 Å². The summed E-state index contributed by atoms with van der Waals surface area (Å²) >= 11 is 3.42. The number of aromatic nitrogens is 1. The van der Waals surface area contributed by atoms with Crippen LogP contribution in [0, 0.1) is 0 Å². The zero-order valence-corrected chi connectivity index (χ0v) is 13.9. The van der Waals surface area contributed by atoms with Crippen LogP contribution in [0.1, 0.15) is 27.7 Å². The number of benzene rings is 2. The third-order valence-electron chi connectivity index (χ3n) is 3.51. The molecule has 1 unspecified atom stereocenters. The molecule has 0 aliphatic rings. The van der Waals surface area contributed by atoms with Crippen molar-refractivity contribution >= 4 is 21.8 Å². The van der Waals surface area contributed by atoms with Crippen LogP contribution in [0.2, 0.25) is 0 Å². The topological polar surface area (TPSA) is 42.0 Å². The van der Waals surface area contributed by atoms with Gasteiger partial charge in [0.1, 0.15) is 0 Å². The summed E-state index contributed by atoms with van der Waals surface area (Å²) < 4.78 is 0.769. The van der Waals surface area contributed by atoms with Gasteiger partial charge in [-0.05, 0) is 45.8 Å². The molecule has 3 rings (SSSR count). The minimum absolute atomic E-state index is 0.142. The van der Waals surface area contributed by atoms with E-state index in [0.29, 0.717) is 5.56 Å². The molecule has 0 spiro atoms. The molecular weight excluding hydrogens is 352 g/mol. The molecule has 114 valence electrons. The molecule has 1 atom stereocenters. The van der Waals surface area contributed by atoms with E-state index in [4.69, 9.17) is 0 Å². The number of carbonyl (C=O) groups excluding carboxylic acids is 1. The lowest BCUT2D eigenvalue weighted by Crippen LogP contribution is -2.30. The molecule has 1 heterocycles. The molecule has 0 radical (unpaired) electrons. The van der Waals surface area contributed by atoms with Gasteiger partial charge in [-0.3, -0.25) is 9.78 Å². The standard InChI is InChI=1S/C19H15BrN2O/c20-16-11-5-4-10-15(16)19(23)22-18(14-8-2-1-3-9-14)17-12-6-7-13-21-17/h1-13,18H,(H,22,23). The fourth-order valence-corrected chi connectivity index (χ4v) is 2.84. The number of nitrogens with zero attached hydrogens (tertiary/aromatic N) is 1. The Morgan fingerprint density at radius 3 is 2.30 bits per heavy atom. The van der Waals surface area contributed by atoms with E-state index in [1.54, 1.807) is 12.3 Å². The van der Waals surface area contributed by atoms with Gasteiger partial charge in [0, 0.05) is 10.7 Å². The average Bonchev–Trinajstić information content (AvgIpc) is 2.61. The highest BCUT2D eigenvalue weighted by atomic mass is 79.9. The Morgan fingerprint density at radius 2 is 1.61 bits per heavy atom. The van der Waals surface area contributed by atoms with E-state index in [9.17, 15) is 4.79 Å². The van der Waals surface area contributed by atoms with Crippen molar-refractivity contribution in [2.45, 2.75) is 6.04 Å². The second-order valence-electron chi connectivity index (χ2n) is 5.05. The maximum Gasteiger partial charge on any atom is 0.253 e. The third-order valence-corrected chi connectivity index (χ3v) is 4.20. The fraction of sp³-hybridized carbons (Fsp3) is 0.0526. The predicted molar refractivity (Wildman–Crippen MR) is 94.1 cm³/mol. The van der Waals surface area contributed by atoms with Crippen LogP contribution in [0.15, 0.2) is 83.5 Å². The van der Waals surface area contributed by atoms with E-state index in [1.807, 2.05) is 66.7 Å². The van der Waals surface area contributed by atoms with Crippen LogP contribution >= 0.6 is 15.9 Å². The van der Waals surface area contributed by atoms with Crippen LogP contribution < -0.4 is 5.32 Å². The predicted octanol–water partition coefficient (Wildman–Crippen LogP) is 4.36. The summed E-state index contributed by atoms with van der Waals surface area (Å²) in [5.41, 5.74) is 2.40. The zero-order valence-electron chi connectivity index (χ0n) is 12.3. The van der Waals surface area contributed by atoms with Gasteiger partial charge >= 0.3 is 0 Å². The molecule has 1 aromatic heterocycles. The van der Waals surface area contributed by atoms with Crippen molar-refractivity contribution < 1.29 is 4.79 Å². The number of carbonyl (C=O) groups is 1. The summed E-state index contributed by atoms with van der Waals surface area (Å²) in [6.45, 7) is 0. The molecule has 1 amide bonds. The summed E-state index contributed by atoms with van der Waals surface area (Å²) in [5.74, 6) is -0.142. The van der Waals surface area contributed by atoms with Gasteiger partial charge in [-0.2, -0.15) is 0 Å². The van der Waals surface area contributed by atoms with Crippen LogP contribution in [0.4, 0.5) is 0 Å². The molecule has 0 aliphatic heterocycles. The van der Waals surface area contributed by atoms with Gasteiger partial charge in [-0.25, -0.2) is 0 Å². The highest BCUT2D eigenvalue weighted by Gasteiger charge is 2.19. The van der Waals surface area contributed by atoms with Gasteiger partial charge in [0.25, 0.3) is 5.91 Å². The van der Waals surface area contributed by atoms with E-state index >= 15 is 0 Å². The van der Waals surface area contributed by atoms with Gasteiger partial charge in [0.05, 0.1) is 17.3 Å². The fourth-order valence-electron chi connectivity index (χ4n) is 2.37. The van der Waals surface area contributed by atoms with Crippen molar-refractivity contribution in [2.24, 2.45) is 0 Å². The van der Waals surface area contributed by atoms with E-state index in [-0.39, 0.29) is 11.9 Å². The Morgan fingerprint density at radius 1 is 0.913 bits per heavy atom. The summed E-state index contributed by atoms with van der Waals surface area (Å²) in [6.07, 6.45) is 1.73. The lowest BCUT2D eigenvalue weighted by atomic mass is 10.0. The Kier molecular flexibility index (Phi) is 4.83. The van der Waals surface area contributed by atoms with Crippen LogP contribution in [-0.2, 0) is 0 Å². The molecule has 4 heteroatoms. The Balaban J connectivity index is 1.94. The monoisotopic (exact) mass is 366 g/mol. The lowest BCUT2D eigenvalue weighted by Gasteiger charge is -2.19. The maximum absolute atomic E-state index is 12.7. The first-order valence-electron chi connectivity index (χ1n) is 7.27. The molecule has 2 aromatic carbocycles. The Labute approximate surface area is 143 Å². The molecule has 3 nitrogen and oxygen atoms in total. The van der Waals surface area contributed by atoms with Gasteiger partial charge in [-0.15, -0.1) is 0 Å². The molecule has 23 heavy (non-hydrogen) atoms. The molecule has 0 saturated heterocycles. The molecule has 0 aliphatic carbocycles. The zero-order chi connectivity index (χ0) is 16.1. The molecule has 1 N–H and O–H groups in total. The summed E-state index contributed by atoms with van der Waals surface area (Å²) in [6, 6.07) is 22.6. The highest BCUT2D eigenvalue weighted by Crippen LogP contribution is 2.22. The van der Waals surface area contributed by atoms with Crippen LogP contribution in [0.3, 0.4) is 0 Å². The number of halogens is 1. The minimum Gasteiger partial charge on any atom is -0.340 e. The molecule has 0 saturated carbocycles. The molecule has 3 aromatic rings. The first-order chi connectivity index (χ1) is 11.3. The number of pyridine rings is 1. The van der Waals surface area contributed by atoms with Crippen molar-refractivity contribution in [3.05, 3.63) is 100 Å². The highest BCUT2D eigenvalue weighted by molar-refractivity contribution is 9.10. The van der Waals surface area contributed by atoms with Gasteiger partial charge in [0.15, 0.2) is 0 Å². The van der Waals surface area contributed by atoms with Crippen molar-refractivity contribution in [1.29, 1.82) is 0 Å². The molecule has 0 bridgehead atoms. The lowest BCUT2D eigenvalue weighted by molar-refractivity contribution is 0.0941. The van der Waals surface area contributed by atoms with E-state index in [2.05, 4.69) is 26.2 Å². The van der Waals surface area contributed by atoms with Crippen LogP contribution in [-0.4, -0.2) is 10.9 Å². The maximum atomic E-state index is 12.7. The summed E-state index contributed by atoms with van der Waals surface area (Å²) in [4.78, 5) is 17.1. The number of hydrogen-bond acceptors (Lipinski definition) is 2. The Bertz CT molecular complexity index is 751. The molecular formula is C19H15BrN2O. The summed E-state index contributed by atoms with van der Waals surface area (Å²) in [5, 5.41) is 3.08. The third kappa shape index (κ3) is 3.66. The van der Waals surface area contributed by atoms with E-state index in [1.165, 1.54) is 0 Å². The first-order valence-corrected chi connectivity index (χ1v) is 8.06. The number of nitrogens with one attached hydrogen (secondary N) is 1. The van der Waals surface area contributed by atoms with Gasteiger partial charge < -0.3 is 5.32 Å². The summed E-state index contributed by atoms with van der Waals surface area (Å²) in [7, 11) is 0. The van der Waals surface area contributed by atoms with Crippen molar-refractivity contribution in [3.8, 4) is 0 Å². The van der Waals surface area contributed by atoms with E-state index < -0.39 is 0 Å². The Hall–Kier alpha value is -2.46. The number of hydrogen-bond donors (Lipinski definition) is 1.